The summed E-state index contributed by atoms with van der Waals surface area (Å²) < 4.78 is 12.5. The van der Waals surface area contributed by atoms with Crippen LogP contribution in [0.5, 0.6) is 5.75 Å². The van der Waals surface area contributed by atoms with E-state index in [0.717, 1.165) is 5.69 Å². The van der Waals surface area contributed by atoms with Crippen LogP contribution >= 0.6 is 11.6 Å². The Hall–Kier alpha value is -5.40. The van der Waals surface area contributed by atoms with E-state index in [0.29, 0.717) is 76.5 Å². The van der Waals surface area contributed by atoms with Crippen molar-refractivity contribution in [3.8, 4) is 22.7 Å². The van der Waals surface area contributed by atoms with Crippen LogP contribution in [-0.4, -0.2) is 75.1 Å². The number of rotatable bonds is 8. The Morgan fingerprint density at radius 3 is 2.47 bits per heavy atom. The van der Waals surface area contributed by atoms with E-state index in [1.165, 1.54) is 12.4 Å². The van der Waals surface area contributed by atoms with Crippen molar-refractivity contribution in [2.75, 3.05) is 49.0 Å². The van der Waals surface area contributed by atoms with Gasteiger partial charge in [-0.3, -0.25) is 20.3 Å². The first-order valence-electron chi connectivity index (χ1n) is 14.0. The summed E-state index contributed by atoms with van der Waals surface area (Å²) in [5.41, 5.74) is 5.98. The van der Waals surface area contributed by atoms with E-state index in [1.807, 2.05) is 23.1 Å². The number of hydrogen-bond donors (Lipinski definition) is 3. The minimum absolute atomic E-state index is 0.192. The standard InChI is InChI=1S/C31H29ClN8O5/c1-19-28(29(37-45-19)22-5-3-4-6-27(22)44-2)31(42)39-13-11-38(12-14-39)26-16-24(25(36-43)15-23(26)32)35-30(41)20-7-9-21(10-8-20)40-18-33-17-34-40/h3-10,15-18,36,43H,11-14H2,1-2H3,(H,35,41). The van der Waals surface area contributed by atoms with E-state index >= 15 is 0 Å². The van der Waals surface area contributed by atoms with Crippen molar-refractivity contribution < 1.29 is 24.1 Å². The molecule has 6 rings (SSSR count). The SMILES string of the molecule is COc1ccccc1-c1noc(C)c1C(=O)N1CCN(c2cc(NC(=O)c3ccc(-n4cncn4)cc3)c(NO)cc2Cl)CC1. The Bertz CT molecular complexity index is 1830. The first-order valence-corrected chi connectivity index (χ1v) is 14.4. The number of carbonyl (C=O) groups excluding carboxylic acids is 2. The van der Waals surface area contributed by atoms with E-state index < -0.39 is 0 Å². The van der Waals surface area contributed by atoms with Crippen LogP contribution in [0.3, 0.4) is 0 Å². The van der Waals surface area contributed by atoms with Crippen molar-refractivity contribution in [3.63, 3.8) is 0 Å². The lowest BCUT2D eigenvalue weighted by atomic mass is 10.0. The second-order valence-corrected chi connectivity index (χ2v) is 10.7. The molecule has 5 aromatic rings. The van der Waals surface area contributed by atoms with E-state index in [1.54, 1.807) is 66.3 Å². The van der Waals surface area contributed by atoms with Gasteiger partial charge < -0.3 is 24.4 Å². The largest absolute Gasteiger partial charge is 0.496 e. The second-order valence-electron chi connectivity index (χ2n) is 10.2. The zero-order valence-corrected chi connectivity index (χ0v) is 25.2. The van der Waals surface area contributed by atoms with Crippen LogP contribution in [-0.2, 0) is 0 Å². The van der Waals surface area contributed by atoms with Gasteiger partial charge in [-0.25, -0.2) is 9.67 Å². The van der Waals surface area contributed by atoms with Crippen molar-refractivity contribution in [3.05, 3.63) is 95.2 Å². The molecule has 230 valence electrons. The third kappa shape index (κ3) is 5.90. The van der Waals surface area contributed by atoms with Crippen molar-refractivity contribution in [2.45, 2.75) is 6.92 Å². The van der Waals surface area contributed by atoms with Crippen molar-refractivity contribution in [1.29, 1.82) is 0 Å². The van der Waals surface area contributed by atoms with Gasteiger partial charge in [-0.15, -0.1) is 0 Å². The molecule has 0 spiro atoms. The molecule has 2 aromatic heterocycles. The maximum absolute atomic E-state index is 13.7. The van der Waals surface area contributed by atoms with Gasteiger partial charge in [-0.05, 0) is 55.5 Å². The minimum atomic E-state index is -0.379. The summed E-state index contributed by atoms with van der Waals surface area (Å²) >= 11 is 6.62. The third-order valence-electron chi connectivity index (χ3n) is 7.61. The molecule has 13 nitrogen and oxygen atoms in total. The summed E-state index contributed by atoms with van der Waals surface area (Å²) in [5, 5.41) is 21.2. The molecule has 3 N–H and O–H groups in total. The molecule has 1 fully saturated rings. The number of piperazine rings is 1. The maximum Gasteiger partial charge on any atom is 0.259 e. The number of para-hydroxylation sites is 1. The fourth-order valence-corrected chi connectivity index (χ4v) is 5.54. The van der Waals surface area contributed by atoms with Crippen molar-refractivity contribution >= 4 is 40.5 Å². The Morgan fingerprint density at radius 1 is 1.02 bits per heavy atom. The second kappa shape index (κ2) is 12.7. The topological polar surface area (TPSA) is 151 Å². The highest BCUT2D eigenvalue weighted by Gasteiger charge is 2.30. The molecule has 1 saturated heterocycles. The van der Waals surface area contributed by atoms with Crippen molar-refractivity contribution in [2.24, 2.45) is 0 Å². The van der Waals surface area contributed by atoms with Gasteiger partial charge in [-0.1, -0.05) is 28.9 Å². The molecule has 0 radical (unpaired) electrons. The molecule has 45 heavy (non-hydrogen) atoms. The Balaban J connectivity index is 1.17. The average Bonchev–Trinajstić information content (AvgIpc) is 3.75. The number of ether oxygens (including phenoxy) is 1. The molecule has 1 aliphatic heterocycles. The minimum Gasteiger partial charge on any atom is -0.496 e. The van der Waals surface area contributed by atoms with Gasteiger partial charge in [0.2, 0.25) is 0 Å². The van der Waals surface area contributed by atoms with Gasteiger partial charge in [0, 0.05) is 37.3 Å². The first-order chi connectivity index (χ1) is 21.9. The van der Waals surface area contributed by atoms with Gasteiger partial charge in [-0.2, -0.15) is 5.10 Å². The molecule has 1 aliphatic rings. The van der Waals surface area contributed by atoms with Gasteiger partial charge in [0.1, 0.15) is 35.4 Å². The number of halogens is 1. The predicted molar refractivity (Wildman–Crippen MR) is 168 cm³/mol. The van der Waals surface area contributed by atoms with Crippen LogP contribution in [0, 0.1) is 6.92 Å². The Labute approximate surface area is 262 Å². The van der Waals surface area contributed by atoms with E-state index in [-0.39, 0.29) is 17.5 Å². The fraction of sp³-hybridized carbons (Fsp3) is 0.194. The molecular weight excluding hydrogens is 600 g/mol. The molecule has 0 saturated carbocycles. The molecule has 0 atom stereocenters. The summed E-state index contributed by atoms with van der Waals surface area (Å²) in [4.78, 5) is 34.5. The highest BCUT2D eigenvalue weighted by molar-refractivity contribution is 6.34. The maximum atomic E-state index is 13.7. The van der Waals surface area contributed by atoms with Crippen LogP contribution in [0.2, 0.25) is 5.02 Å². The summed E-state index contributed by atoms with van der Waals surface area (Å²) in [6.45, 7) is 3.48. The number of anilines is 3. The average molecular weight is 629 g/mol. The normalized spacial score (nSPS) is 13.1. The van der Waals surface area contributed by atoms with Gasteiger partial charge in [0.25, 0.3) is 11.8 Å². The number of nitrogens with zero attached hydrogens (tertiary/aromatic N) is 6. The number of benzene rings is 3. The van der Waals surface area contributed by atoms with Crippen LogP contribution in [0.15, 0.2) is 77.8 Å². The number of nitrogens with one attached hydrogen (secondary N) is 2. The van der Waals surface area contributed by atoms with Gasteiger partial charge >= 0.3 is 0 Å². The van der Waals surface area contributed by atoms with Gasteiger partial charge in [0.05, 0.1) is 34.9 Å². The van der Waals surface area contributed by atoms with E-state index in [4.69, 9.17) is 20.9 Å². The number of aromatic nitrogens is 4. The van der Waals surface area contributed by atoms with Gasteiger partial charge in [0.15, 0.2) is 0 Å². The molecule has 2 amide bonds. The van der Waals surface area contributed by atoms with Crippen LogP contribution in [0.1, 0.15) is 26.5 Å². The molecule has 3 aromatic carbocycles. The molecule has 3 heterocycles. The smallest absolute Gasteiger partial charge is 0.259 e. The summed E-state index contributed by atoms with van der Waals surface area (Å²) in [5.74, 6) is 0.442. The van der Waals surface area contributed by atoms with Crippen LogP contribution < -0.4 is 20.4 Å². The molecule has 0 unspecified atom stereocenters. The molecular formula is C31H29ClN8O5. The monoisotopic (exact) mass is 628 g/mol. The highest BCUT2D eigenvalue weighted by Crippen LogP contribution is 2.37. The Morgan fingerprint density at radius 2 is 1.78 bits per heavy atom. The number of carbonyl (C=O) groups is 2. The summed E-state index contributed by atoms with van der Waals surface area (Å²) in [6, 6.07) is 17.4. The number of methoxy groups -OCH3 is 1. The first kappa shape index (κ1) is 29.7. The zero-order valence-electron chi connectivity index (χ0n) is 24.4. The molecule has 0 aliphatic carbocycles. The zero-order chi connectivity index (χ0) is 31.5. The highest BCUT2D eigenvalue weighted by atomic mass is 35.5. The van der Waals surface area contributed by atoms with Crippen molar-refractivity contribution in [1.82, 2.24) is 24.8 Å². The van der Waals surface area contributed by atoms with Crippen LogP contribution in [0.4, 0.5) is 17.1 Å². The lowest BCUT2D eigenvalue weighted by molar-refractivity contribution is 0.0745. The predicted octanol–water partition coefficient (Wildman–Crippen LogP) is 4.91. The number of aryl methyl sites for hydroxylation is 1. The molecule has 0 bridgehead atoms. The summed E-state index contributed by atoms with van der Waals surface area (Å²) in [6.07, 6.45) is 2.99. The lowest BCUT2D eigenvalue weighted by Gasteiger charge is -2.36. The fourth-order valence-electron chi connectivity index (χ4n) is 5.26. The van der Waals surface area contributed by atoms with E-state index in [9.17, 15) is 14.8 Å². The van der Waals surface area contributed by atoms with E-state index in [2.05, 4.69) is 26.0 Å². The third-order valence-corrected chi connectivity index (χ3v) is 7.92. The number of hydrogen-bond acceptors (Lipinski definition) is 10. The quantitative estimate of drug-likeness (QED) is 0.202. The number of amides is 2. The lowest BCUT2D eigenvalue weighted by Crippen LogP contribution is -2.49. The molecule has 14 heteroatoms. The van der Waals surface area contributed by atoms with Crippen LogP contribution in [0.25, 0.3) is 16.9 Å². The summed E-state index contributed by atoms with van der Waals surface area (Å²) in [7, 11) is 1.57. The Kier molecular flexibility index (Phi) is 8.36.